The minimum atomic E-state index is -0.585. The molecule has 36 heavy (non-hydrogen) atoms. The van der Waals surface area contributed by atoms with Gasteiger partial charge in [-0.2, -0.15) is 0 Å². The maximum absolute atomic E-state index is 11.4. The largest absolute Gasteiger partial charge is 0.497 e. The predicted octanol–water partition coefficient (Wildman–Crippen LogP) is 6.01. The van der Waals surface area contributed by atoms with Crippen LogP contribution in [0.1, 0.15) is 37.0 Å². The second-order valence-corrected chi connectivity index (χ2v) is 10.3. The number of halogens is 1. The van der Waals surface area contributed by atoms with Gasteiger partial charge in [-0.3, -0.25) is 9.88 Å². The summed E-state index contributed by atoms with van der Waals surface area (Å²) in [4.78, 5) is 6.88. The Morgan fingerprint density at radius 1 is 1.25 bits per heavy atom. The highest BCUT2D eigenvalue weighted by molar-refractivity contribution is 6.31. The summed E-state index contributed by atoms with van der Waals surface area (Å²) in [5.74, 6) is 3.11. The molecule has 190 valence electrons. The molecule has 1 N–H and O–H groups in total. The normalized spacial score (nSPS) is 21.3. The summed E-state index contributed by atoms with van der Waals surface area (Å²) < 4.78 is 16.4. The number of nitrogens with zero attached hydrogens (tertiary/aromatic N) is 2. The highest BCUT2D eigenvalue weighted by Gasteiger charge is 2.31. The van der Waals surface area contributed by atoms with E-state index in [9.17, 15) is 5.11 Å². The van der Waals surface area contributed by atoms with Crippen LogP contribution < -0.4 is 14.2 Å². The number of aliphatic hydroxyl groups is 1. The van der Waals surface area contributed by atoms with E-state index in [1.165, 1.54) is 0 Å². The summed E-state index contributed by atoms with van der Waals surface area (Å²) in [6.45, 7) is 9.16. The predicted molar refractivity (Wildman–Crippen MR) is 142 cm³/mol. The lowest BCUT2D eigenvalue weighted by Gasteiger charge is -2.39. The summed E-state index contributed by atoms with van der Waals surface area (Å²) >= 11 is 6.53. The Balaban J connectivity index is 1.25. The summed E-state index contributed by atoms with van der Waals surface area (Å²) in [6.07, 6.45) is 5.22. The Hall–Kier alpha value is -2.80. The van der Waals surface area contributed by atoms with E-state index in [0.29, 0.717) is 22.6 Å². The molecule has 0 amide bonds. The minimum absolute atomic E-state index is 0.0871. The molecule has 7 heteroatoms. The molecule has 2 unspecified atom stereocenters. The van der Waals surface area contributed by atoms with Gasteiger partial charge in [0.25, 0.3) is 0 Å². The number of methoxy groups -OCH3 is 1. The van der Waals surface area contributed by atoms with Gasteiger partial charge in [0.05, 0.1) is 18.7 Å². The molecule has 0 aliphatic carbocycles. The fraction of sp³-hybridized carbons (Fsp3) is 0.414. The molecule has 1 aromatic heterocycles. The van der Waals surface area contributed by atoms with Crippen molar-refractivity contribution in [2.24, 2.45) is 17.8 Å². The van der Waals surface area contributed by atoms with Crippen LogP contribution in [0.4, 0.5) is 0 Å². The summed E-state index contributed by atoms with van der Waals surface area (Å²) in [5.41, 5.74) is 2.81. The average Bonchev–Trinajstić information content (AvgIpc) is 3.35. The van der Waals surface area contributed by atoms with Gasteiger partial charge in [-0.25, -0.2) is 0 Å². The zero-order chi connectivity index (χ0) is 25.2. The summed E-state index contributed by atoms with van der Waals surface area (Å²) in [5, 5.41) is 13.0. The molecule has 4 atom stereocenters. The lowest BCUT2D eigenvalue weighted by Crippen LogP contribution is -2.40. The first-order valence-corrected chi connectivity index (χ1v) is 12.9. The van der Waals surface area contributed by atoms with Crippen LogP contribution in [0.3, 0.4) is 0 Å². The fourth-order valence-corrected chi connectivity index (χ4v) is 5.78. The van der Waals surface area contributed by atoms with Crippen molar-refractivity contribution in [3.63, 3.8) is 0 Å². The monoisotopic (exact) mass is 508 g/mol. The summed E-state index contributed by atoms with van der Waals surface area (Å²) in [6, 6.07) is 11.6. The number of aromatic nitrogens is 1. The van der Waals surface area contributed by atoms with E-state index < -0.39 is 6.10 Å². The zero-order valence-corrected chi connectivity index (χ0v) is 21.6. The van der Waals surface area contributed by atoms with E-state index in [-0.39, 0.29) is 12.7 Å². The number of fused-ring (bicyclic) bond motifs is 2. The number of pyridine rings is 1. The Labute approximate surface area is 217 Å². The van der Waals surface area contributed by atoms with Gasteiger partial charge in [-0.15, -0.1) is 6.58 Å². The maximum atomic E-state index is 11.4. The number of benzene rings is 2. The van der Waals surface area contributed by atoms with Crippen LogP contribution in [0.25, 0.3) is 10.9 Å². The topological polar surface area (TPSA) is 64.1 Å². The molecule has 3 aromatic rings. The molecule has 3 heterocycles. The highest BCUT2D eigenvalue weighted by Crippen LogP contribution is 2.40. The molecule has 0 saturated carbocycles. The number of piperidine rings is 1. The van der Waals surface area contributed by atoms with Crippen molar-refractivity contribution in [1.29, 1.82) is 0 Å². The first-order valence-electron chi connectivity index (χ1n) is 12.5. The third-order valence-electron chi connectivity index (χ3n) is 7.64. The van der Waals surface area contributed by atoms with Crippen molar-refractivity contribution < 1.29 is 19.3 Å². The zero-order valence-electron chi connectivity index (χ0n) is 20.8. The number of hydrogen-bond donors (Lipinski definition) is 1. The first-order chi connectivity index (χ1) is 17.5. The average molecular weight is 509 g/mol. The summed E-state index contributed by atoms with van der Waals surface area (Å²) in [7, 11) is 1.65. The van der Waals surface area contributed by atoms with Gasteiger partial charge in [-0.05, 0) is 78.6 Å². The molecule has 2 aromatic carbocycles. The maximum Gasteiger partial charge on any atom is 0.231 e. The van der Waals surface area contributed by atoms with Crippen LogP contribution in [-0.2, 0) is 6.54 Å². The van der Waals surface area contributed by atoms with Crippen molar-refractivity contribution in [3.05, 3.63) is 71.4 Å². The molecule has 2 aliphatic rings. The second kappa shape index (κ2) is 10.7. The van der Waals surface area contributed by atoms with E-state index in [0.717, 1.165) is 66.0 Å². The smallest absolute Gasteiger partial charge is 0.231 e. The van der Waals surface area contributed by atoms with Crippen LogP contribution in [0.2, 0.25) is 5.02 Å². The molecule has 0 spiro atoms. The SMILES string of the molecule is C=CC1CN(Cc2cc3c(cc2Cl)OCO3)CCC1C[C@H](C)[C@H](O)c1ccnc2ccc(OC)cc12. The van der Waals surface area contributed by atoms with Gasteiger partial charge in [0.15, 0.2) is 11.5 Å². The van der Waals surface area contributed by atoms with E-state index in [1.54, 1.807) is 13.3 Å². The Morgan fingerprint density at radius 2 is 2.06 bits per heavy atom. The van der Waals surface area contributed by atoms with Crippen molar-refractivity contribution in [2.75, 3.05) is 27.0 Å². The third kappa shape index (κ3) is 5.03. The number of likely N-dealkylation sites (tertiary alicyclic amines) is 1. The number of rotatable bonds is 8. The van der Waals surface area contributed by atoms with Crippen molar-refractivity contribution >= 4 is 22.5 Å². The van der Waals surface area contributed by atoms with Gasteiger partial charge in [-0.1, -0.05) is 24.6 Å². The minimum Gasteiger partial charge on any atom is -0.497 e. The number of ether oxygens (including phenoxy) is 3. The van der Waals surface area contributed by atoms with E-state index in [1.807, 2.05) is 36.4 Å². The molecule has 2 aliphatic heterocycles. The van der Waals surface area contributed by atoms with E-state index >= 15 is 0 Å². The first kappa shape index (κ1) is 24.9. The lowest BCUT2D eigenvalue weighted by molar-refractivity contribution is 0.0722. The molecule has 0 radical (unpaired) electrons. The molecule has 5 rings (SSSR count). The molecule has 1 saturated heterocycles. The highest BCUT2D eigenvalue weighted by atomic mass is 35.5. The van der Waals surface area contributed by atoms with Gasteiger partial charge in [0, 0.05) is 35.8 Å². The Bertz CT molecular complexity index is 1250. The molecule has 0 bridgehead atoms. The van der Waals surface area contributed by atoms with Gasteiger partial charge >= 0.3 is 0 Å². The van der Waals surface area contributed by atoms with Crippen LogP contribution in [-0.4, -0.2) is 42.0 Å². The van der Waals surface area contributed by atoms with Gasteiger partial charge in [0.1, 0.15) is 5.75 Å². The van der Waals surface area contributed by atoms with Crippen LogP contribution in [0.15, 0.2) is 55.3 Å². The van der Waals surface area contributed by atoms with E-state index in [2.05, 4.69) is 29.5 Å². The van der Waals surface area contributed by atoms with Crippen LogP contribution in [0.5, 0.6) is 17.2 Å². The van der Waals surface area contributed by atoms with E-state index in [4.69, 9.17) is 25.8 Å². The molecule has 1 fully saturated rings. The van der Waals surface area contributed by atoms with Crippen molar-refractivity contribution in [3.8, 4) is 17.2 Å². The quantitative estimate of drug-likeness (QED) is 0.376. The van der Waals surface area contributed by atoms with Crippen molar-refractivity contribution in [1.82, 2.24) is 9.88 Å². The standard InChI is InChI=1S/C29H33ClN2O4/c1-4-19-15-32(16-21-12-27-28(14-25(21)30)36-17-35-27)10-8-20(19)11-18(2)29(33)23-7-9-31-26-6-5-22(34-3)13-24(23)26/h4-7,9,12-14,18-20,29,33H,1,8,10-11,15-17H2,2-3H3/t18-,19?,20?,29-/m0/s1. The third-order valence-corrected chi connectivity index (χ3v) is 8.00. The lowest BCUT2D eigenvalue weighted by atomic mass is 9.77. The van der Waals surface area contributed by atoms with Gasteiger partial charge in [0.2, 0.25) is 6.79 Å². The molecular formula is C29H33ClN2O4. The molecule has 6 nitrogen and oxygen atoms in total. The number of aliphatic hydroxyl groups excluding tert-OH is 1. The fourth-order valence-electron chi connectivity index (χ4n) is 5.57. The Kier molecular flexibility index (Phi) is 7.37. The van der Waals surface area contributed by atoms with Crippen molar-refractivity contribution in [2.45, 2.75) is 32.4 Å². The molecular weight excluding hydrogens is 476 g/mol. The van der Waals surface area contributed by atoms with Gasteiger partial charge < -0.3 is 19.3 Å². The Morgan fingerprint density at radius 3 is 2.83 bits per heavy atom. The van der Waals surface area contributed by atoms with Crippen LogP contribution >= 0.6 is 11.6 Å². The van der Waals surface area contributed by atoms with Crippen LogP contribution in [0, 0.1) is 17.8 Å². The number of hydrogen-bond acceptors (Lipinski definition) is 6. The second-order valence-electron chi connectivity index (χ2n) is 9.92.